The minimum Gasteiger partial charge on any atom is -0.432 e. The van der Waals surface area contributed by atoms with Crippen LogP contribution < -0.4 is 5.32 Å². The predicted octanol–water partition coefficient (Wildman–Crippen LogP) is 0.763. The summed E-state index contributed by atoms with van der Waals surface area (Å²) in [5.41, 5.74) is -0.900. The van der Waals surface area contributed by atoms with Crippen LogP contribution in [0.5, 0.6) is 0 Å². The number of nitrogens with one attached hydrogen (secondary N) is 1. The van der Waals surface area contributed by atoms with Crippen molar-refractivity contribution in [2.45, 2.75) is 18.6 Å². The number of epoxide rings is 1. The van der Waals surface area contributed by atoms with E-state index in [9.17, 15) is 13.2 Å². The van der Waals surface area contributed by atoms with Gasteiger partial charge in [0, 0.05) is 7.05 Å². The first-order valence-corrected chi connectivity index (χ1v) is 3.85. The fourth-order valence-electron chi connectivity index (χ4n) is 1.06. The van der Waals surface area contributed by atoms with E-state index in [0.717, 1.165) is 6.08 Å². The second-order valence-electron chi connectivity index (χ2n) is 2.82. The summed E-state index contributed by atoms with van der Waals surface area (Å²) in [6.07, 6.45) is -4.76. The summed E-state index contributed by atoms with van der Waals surface area (Å²) in [6.45, 7) is 0. The molecular formula is C7H7F3N2O2. The number of hydrogen-bond donors (Lipinski definition) is 1. The third-order valence-corrected chi connectivity index (χ3v) is 1.79. The molecule has 2 aliphatic rings. The Morgan fingerprint density at radius 3 is 2.79 bits per heavy atom. The molecule has 14 heavy (non-hydrogen) atoms. The van der Waals surface area contributed by atoms with Crippen molar-refractivity contribution in [1.29, 1.82) is 0 Å². The Labute approximate surface area is 77.4 Å². The second kappa shape index (κ2) is 2.88. The van der Waals surface area contributed by atoms with Crippen molar-refractivity contribution in [2.24, 2.45) is 4.99 Å². The summed E-state index contributed by atoms with van der Waals surface area (Å²) in [5, 5.41) is 2.05. The van der Waals surface area contributed by atoms with E-state index in [-0.39, 0.29) is 6.02 Å². The molecule has 0 amide bonds. The maximum absolute atomic E-state index is 12.3. The normalized spacial score (nSPS) is 33.7. The third-order valence-electron chi connectivity index (χ3n) is 1.79. The van der Waals surface area contributed by atoms with Gasteiger partial charge in [-0.25, -0.2) is 4.99 Å². The van der Waals surface area contributed by atoms with E-state index < -0.39 is 24.3 Å². The first kappa shape index (κ1) is 9.32. The topological polar surface area (TPSA) is 46.2 Å². The van der Waals surface area contributed by atoms with Crippen LogP contribution in [0.1, 0.15) is 0 Å². The largest absolute Gasteiger partial charge is 0.432 e. The Hall–Kier alpha value is -1.24. The van der Waals surface area contributed by atoms with Crippen molar-refractivity contribution in [3.8, 4) is 0 Å². The fraction of sp³-hybridized carbons (Fsp3) is 0.571. The van der Waals surface area contributed by atoms with Crippen molar-refractivity contribution < 1.29 is 22.6 Å². The highest BCUT2D eigenvalue weighted by atomic mass is 19.4. The van der Waals surface area contributed by atoms with Gasteiger partial charge in [-0.3, -0.25) is 0 Å². The van der Waals surface area contributed by atoms with Crippen LogP contribution in [0.4, 0.5) is 13.2 Å². The molecule has 1 saturated heterocycles. The molecule has 0 aliphatic carbocycles. The minimum atomic E-state index is -4.44. The van der Waals surface area contributed by atoms with Gasteiger partial charge in [-0.05, 0) is 6.08 Å². The SMILES string of the molecule is CN=C1NC(C(F)(F)F)=CC2OC2O1. The predicted molar refractivity (Wildman–Crippen MR) is 40.4 cm³/mol. The van der Waals surface area contributed by atoms with Gasteiger partial charge in [-0.1, -0.05) is 0 Å². The number of amidine groups is 1. The maximum atomic E-state index is 12.3. The number of rotatable bonds is 0. The zero-order chi connectivity index (χ0) is 10.3. The number of allylic oxidation sites excluding steroid dienone is 1. The Morgan fingerprint density at radius 1 is 1.50 bits per heavy atom. The van der Waals surface area contributed by atoms with E-state index in [2.05, 4.69) is 10.3 Å². The van der Waals surface area contributed by atoms with Gasteiger partial charge in [0.15, 0.2) is 0 Å². The molecule has 0 aromatic rings. The highest BCUT2D eigenvalue weighted by Crippen LogP contribution is 2.33. The minimum absolute atomic E-state index is 0.182. The molecule has 2 unspecified atom stereocenters. The van der Waals surface area contributed by atoms with Gasteiger partial charge in [0.05, 0.1) is 0 Å². The summed E-state index contributed by atoms with van der Waals surface area (Å²) in [5.74, 6) is 0. The molecule has 78 valence electrons. The van der Waals surface area contributed by atoms with E-state index >= 15 is 0 Å². The molecule has 4 nitrogen and oxygen atoms in total. The molecular weight excluding hydrogens is 201 g/mol. The Morgan fingerprint density at radius 2 is 2.21 bits per heavy atom. The van der Waals surface area contributed by atoms with Gasteiger partial charge in [0.25, 0.3) is 6.02 Å². The molecule has 1 N–H and O–H groups in total. The quantitative estimate of drug-likeness (QED) is 0.598. The van der Waals surface area contributed by atoms with E-state index in [0.29, 0.717) is 0 Å². The van der Waals surface area contributed by atoms with Gasteiger partial charge in [0.1, 0.15) is 11.8 Å². The molecule has 2 heterocycles. The molecule has 0 aromatic heterocycles. The fourth-order valence-corrected chi connectivity index (χ4v) is 1.06. The third kappa shape index (κ3) is 1.67. The smallest absolute Gasteiger partial charge is 0.431 e. The average molecular weight is 208 g/mol. The van der Waals surface area contributed by atoms with Crippen LogP contribution >= 0.6 is 0 Å². The van der Waals surface area contributed by atoms with Gasteiger partial charge in [-0.15, -0.1) is 0 Å². The highest BCUT2D eigenvalue weighted by molar-refractivity contribution is 5.76. The first-order chi connectivity index (χ1) is 6.50. The molecule has 2 aliphatic heterocycles. The van der Waals surface area contributed by atoms with E-state index in [1.807, 2.05) is 0 Å². The highest BCUT2D eigenvalue weighted by Gasteiger charge is 2.47. The van der Waals surface area contributed by atoms with Crippen molar-refractivity contribution >= 4 is 6.02 Å². The van der Waals surface area contributed by atoms with Gasteiger partial charge in [0.2, 0.25) is 6.29 Å². The van der Waals surface area contributed by atoms with Crippen LogP contribution in [0, 0.1) is 0 Å². The van der Waals surface area contributed by atoms with Crippen molar-refractivity contribution in [3.05, 3.63) is 11.8 Å². The molecule has 2 rings (SSSR count). The number of halogens is 3. The summed E-state index contributed by atoms with van der Waals surface area (Å²) in [6, 6.07) is -0.182. The zero-order valence-electron chi connectivity index (χ0n) is 7.13. The Kier molecular flexibility index (Phi) is 1.91. The molecule has 1 fully saturated rings. The van der Waals surface area contributed by atoms with Crippen molar-refractivity contribution in [2.75, 3.05) is 7.05 Å². The Bertz CT molecular complexity index is 311. The number of hydrogen-bond acceptors (Lipinski definition) is 3. The number of ether oxygens (including phenoxy) is 2. The van der Waals surface area contributed by atoms with Crippen molar-refractivity contribution in [1.82, 2.24) is 5.32 Å². The van der Waals surface area contributed by atoms with Crippen LogP contribution in [0.25, 0.3) is 0 Å². The summed E-state index contributed by atoms with van der Waals surface area (Å²) < 4.78 is 46.7. The number of nitrogens with zero attached hydrogens (tertiary/aromatic N) is 1. The van der Waals surface area contributed by atoms with Crippen LogP contribution in [-0.2, 0) is 9.47 Å². The molecule has 2 atom stereocenters. The van der Waals surface area contributed by atoms with E-state index in [4.69, 9.17) is 9.47 Å². The lowest BCUT2D eigenvalue weighted by Crippen LogP contribution is -2.32. The lowest BCUT2D eigenvalue weighted by molar-refractivity contribution is -0.0958. The van der Waals surface area contributed by atoms with Gasteiger partial charge >= 0.3 is 6.18 Å². The molecule has 0 aromatic carbocycles. The van der Waals surface area contributed by atoms with Crippen LogP contribution in [0.3, 0.4) is 0 Å². The number of alkyl halides is 3. The van der Waals surface area contributed by atoms with Crippen LogP contribution in [0.15, 0.2) is 16.8 Å². The molecule has 0 saturated carbocycles. The molecule has 7 heteroatoms. The summed E-state index contributed by atoms with van der Waals surface area (Å²) in [4.78, 5) is 3.51. The monoisotopic (exact) mass is 208 g/mol. The van der Waals surface area contributed by atoms with E-state index in [1.54, 1.807) is 0 Å². The Balaban J connectivity index is 2.23. The standard InChI is InChI=1S/C7H7F3N2O2/c1-11-6-12-4(7(8,9)10)2-3-5(13-3)14-6/h2-3,5H,1H3,(H,11,12). The number of fused-ring (bicyclic) bond motifs is 1. The summed E-state index contributed by atoms with van der Waals surface area (Å²) in [7, 11) is 1.33. The van der Waals surface area contributed by atoms with Crippen LogP contribution in [-0.4, -0.2) is 31.6 Å². The van der Waals surface area contributed by atoms with Gasteiger partial charge < -0.3 is 14.8 Å². The van der Waals surface area contributed by atoms with Crippen LogP contribution in [0.2, 0.25) is 0 Å². The van der Waals surface area contributed by atoms with Crippen molar-refractivity contribution in [3.63, 3.8) is 0 Å². The molecule has 0 radical (unpaired) electrons. The zero-order valence-corrected chi connectivity index (χ0v) is 7.13. The summed E-state index contributed by atoms with van der Waals surface area (Å²) >= 11 is 0. The lowest BCUT2D eigenvalue weighted by atomic mass is 10.3. The maximum Gasteiger partial charge on any atom is 0.431 e. The lowest BCUT2D eigenvalue weighted by Gasteiger charge is -2.13. The number of aliphatic imine (C=N–C) groups is 1. The molecule has 0 spiro atoms. The average Bonchev–Trinajstić information content (AvgIpc) is 2.76. The molecule has 0 bridgehead atoms. The van der Waals surface area contributed by atoms with E-state index in [1.165, 1.54) is 7.05 Å². The first-order valence-electron chi connectivity index (χ1n) is 3.85. The second-order valence-corrected chi connectivity index (χ2v) is 2.82. The van der Waals surface area contributed by atoms with Gasteiger partial charge in [-0.2, -0.15) is 13.2 Å².